The fourth-order valence-corrected chi connectivity index (χ4v) is 3.29. The molecule has 3 rings (SSSR count). The summed E-state index contributed by atoms with van der Waals surface area (Å²) in [5.41, 5.74) is 1.10. The monoisotopic (exact) mass is 326 g/mol. The average molecular weight is 326 g/mol. The van der Waals surface area contributed by atoms with Gasteiger partial charge in [-0.3, -0.25) is 0 Å². The summed E-state index contributed by atoms with van der Waals surface area (Å²) in [4.78, 5) is 4.70. The van der Waals surface area contributed by atoms with Crippen molar-refractivity contribution < 1.29 is 13.2 Å². The molecule has 0 fully saturated rings. The molecule has 0 radical (unpaired) electrons. The van der Waals surface area contributed by atoms with Crippen molar-refractivity contribution in [3.63, 3.8) is 0 Å². The van der Waals surface area contributed by atoms with E-state index < -0.39 is 5.76 Å². The van der Waals surface area contributed by atoms with Crippen LogP contribution in [0.15, 0.2) is 47.4 Å². The summed E-state index contributed by atoms with van der Waals surface area (Å²) in [5.74, 6) is -2.84. The predicted molar refractivity (Wildman–Crippen MR) is 81.2 cm³/mol. The van der Waals surface area contributed by atoms with Gasteiger partial charge in [-0.25, -0.2) is 9.37 Å². The summed E-state index contributed by atoms with van der Waals surface area (Å²) >= 11 is 1.82. The SMILES string of the molecule is Fc1ccc2sc(Nc3ccccc3SC(F)F)nc2c1. The normalized spacial score (nSPS) is 11.2. The number of halogens is 3. The Hall–Kier alpha value is -1.73. The van der Waals surface area contributed by atoms with Gasteiger partial charge in [0, 0.05) is 11.0 Å². The number of hydrogen-bond donors (Lipinski definition) is 1. The molecule has 108 valence electrons. The van der Waals surface area contributed by atoms with Crippen LogP contribution in [0.1, 0.15) is 0 Å². The molecule has 1 heterocycles. The third-order valence-corrected chi connectivity index (χ3v) is 4.43. The lowest BCUT2D eigenvalue weighted by molar-refractivity contribution is 0.252. The predicted octanol–water partition coefficient (Wildman–Crippen LogP) is 5.49. The van der Waals surface area contributed by atoms with Crippen LogP contribution in [0.3, 0.4) is 0 Å². The Kier molecular flexibility index (Phi) is 4.03. The fourth-order valence-electron chi connectivity index (χ4n) is 1.84. The molecule has 0 aliphatic rings. The van der Waals surface area contributed by atoms with Crippen molar-refractivity contribution in [1.29, 1.82) is 0 Å². The molecule has 7 heteroatoms. The molecule has 2 nitrogen and oxygen atoms in total. The lowest BCUT2D eigenvalue weighted by Crippen LogP contribution is -1.93. The zero-order valence-corrected chi connectivity index (χ0v) is 12.1. The maximum absolute atomic E-state index is 13.1. The number of rotatable bonds is 4. The van der Waals surface area contributed by atoms with E-state index in [-0.39, 0.29) is 5.82 Å². The third-order valence-electron chi connectivity index (χ3n) is 2.69. The minimum atomic E-state index is -2.49. The van der Waals surface area contributed by atoms with Crippen LogP contribution < -0.4 is 5.32 Å². The first kappa shape index (κ1) is 14.2. The van der Waals surface area contributed by atoms with Gasteiger partial charge in [0.1, 0.15) is 5.82 Å². The number of fused-ring (bicyclic) bond motifs is 1. The van der Waals surface area contributed by atoms with E-state index >= 15 is 0 Å². The van der Waals surface area contributed by atoms with Crippen LogP contribution in [0, 0.1) is 5.82 Å². The van der Waals surface area contributed by atoms with Gasteiger partial charge in [-0.15, -0.1) is 0 Å². The topological polar surface area (TPSA) is 24.9 Å². The lowest BCUT2D eigenvalue weighted by Gasteiger charge is -2.08. The first-order valence-corrected chi connectivity index (χ1v) is 7.68. The van der Waals surface area contributed by atoms with Crippen molar-refractivity contribution in [1.82, 2.24) is 4.98 Å². The molecule has 21 heavy (non-hydrogen) atoms. The number of anilines is 2. The van der Waals surface area contributed by atoms with Gasteiger partial charge >= 0.3 is 0 Å². The third kappa shape index (κ3) is 3.30. The molecule has 0 saturated heterocycles. The van der Waals surface area contributed by atoms with E-state index in [1.807, 2.05) is 0 Å². The van der Waals surface area contributed by atoms with Crippen LogP contribution >= 0.6 is 23.1 Å². The van der Waals surface area contributed by atoms with Crippen molar-refractivity contribution in [3.8, 4) is 0 Å². The minimum absolute atomic E-state index is 0.354. The summed E-state index contributed by atoms with van der Waals surface area (Å²) in [7, 11) is 0. The average Bonchev–Trinajstić information content (AvgIpc) is 2.82. The number of benzene rings is 2. The molecule has 0 spiro atoms. The maximum atomic E-state index is 13.1. The van der Waals surface area contributed by atoms with E-state index in [9.17, 15) is 13.2 Å². The number of thiazole rings is 1. The van der Waals surface area contributed by atoms with E-state index in [1.165, 1.54) is 23.5 Å². The Morgan fingerprint density at radius 1 is 1.14 bits per heavy atom. The molecule has 0 unspecified atom stereocenters. The molecule has 3 aromatic rings. The Labute approximate surface area is 127 Å². The zero-order chi connectivity index (χ0) is 14.8. The van der Waals surface area contributed by atoms with Crippen molar-refractivity contribution in [2.75, 3.05) is 5.32 Å². The fraction of sp³-hybridized carbons (Fsp3) is 0.0714. The Balaban J connectivity index is 1.91. The van der Waals surface area contributed by atoms with Crippen molar-refractivity contribution in [3.05, 3.63) is 48.3 Å². The van der Waals surface area contributed by atoms with Crippen molar-refractivity contribution in [2.45, 2.75) is 10.7 Å². The molecule has 0 atom stereocenters. The Morgan fingerprint density at radius 3 is 2.76 bits per heavy atom. The van der Waals surface area contributed by atoms with Gasteiger partial charge in [0.25, 0.3) is 5.76 Å². The van der Waals surface area contributed by atoms with Gasteiger partial charge in [0.15, 0.2) is 5.13 Å². The molecular formula is C14H9F3N2S2. The summed E-state index contributed by atoms with van der Waals surface area (Å²) < 4.78 is 39.0. The van der Waals surface area contributed by atoms with Gasteiger partial charge in [-0.05, 0) is 24.3 Å². The van der Waals surface area contributed by atoms with Gasteiger partial charge in [-0.2, -0.15) is 8.78 Å². The summed E-state index contributed by atoms with van der Waals surface area (Å²) in [6, 6.07) is 11.1. The second-order valence-electron chi connectivity index (χ2n) is 4.13. The number of nitrogens with zero attached hydrogens (tertiary/aromatic N) is 1. The van der Waals surface area contributed by atoms with Gasteiger partial charge in [-0.1, -0.05) is 35.2 Å². The molecule has 0 amide bonds. The zero-order valence-electron chi connectivity index (χ0n) is 10.5. The smallest absolute Gasteiger partial charge is 0.288 e. The van der Waals surface area contributed by atoms with E-state index in [0.29, 0.717) is 33.0 Å². The highest BCUT2D eigenvalue weighted by Gasteiger charge is 2.11. The van der Waals surface area contributed by atoms with E-state index in [2.05, 4.69) is 10.3 Å². The maximum Gasteiger partial charge on any atom is 0.288 e. The van der Waals surface area contributed by atoms with Crippen molar-refractivity contribution >= 4 is 44.1 Å². The van der Waals surface area contributed by atoms with Crippen LogP contribution in [-0.2, 0) is 0 Å². The van der Waals surface area contributed by atoms with Crippen LogP contribution in [0.2, 0.25) is 0 Å². The minimum Gasteiger partial charge on any atom is -0.331 e. The molecule has 1 aromatic heterocycles. The molecule has 0 aliphatic heterocycles. The summed E-state index contributed by atoms with van der Waals surface area (Å²) in [6.45, 7) is 0. The summed E-state index contributed by atoms with van der Waals surface area (Å²) in [6.07, 6.45) is 0. The van der Waals surface area contributed by atoms with Gasteiger partial charge in [0.05, 0.1) is 15.9 Å². The number of thioether (sulfide) groups is 1. The van der Waals surface area contributed by atoms with E-state index in [4.69, 9.17) is 0 Å². The molecule has 2 aromatic carbocycles. The van der Waals surface area contributed by atoms with E-state index in [0.717, 1.165) is 4.70 Å². The van der Waals surface area contributed by atoms with Gasteiger partial charge < -0.3 is 5.32 Å². The second-order valence-corrected chi connectivity index (χ2v) is 6.19. The van der Waals surface area contributed by atoms with Crippen LogP contribution in [-0.4, -0.2) is 10.7 Å². The lowest BCUT2D eigenvalue weighted by atomic mass is 10.3. The highest BCUT2D eigenvalue weighted by atomic mass is 32.2. The highest BCUT2D eigenvalue weighted by molar-refractivity contribution is 7.99. The van der Waals surface area contributed by atoms with Crippen LogP contribution in [0.4, 0.5) is 24.0 Å². The molecule has 0 saturated carbocycles. The van der Waals surface area contributed by atoms with Crippen LogP contribution in [0.25, 0.3) is 10.2 Å². The second kappa shape index (κ2) is 5.95. The largest absolute Gasteiger partial charge is 0.331 e. The van der Waals surface area contributed by atoms with E-state index in [1.54, 1.807) is 30.3 Å². The summed E-state index contributed by atoms with van der Waals surface area (Å²) in [5, 5.41) is 3.56. The quantitative estimate of drug-likeness (QED) is 0.641. The number of nitrogens with one attached hydrogen (secondary N) is 1. The van der Waals surface area contributed by atoms with Crippen molar-refractivity contribution in [2.24, 2.45) is 0 Å². The number of aromatic nitrogens is 1. The molecule has 0 aliphatic carbocycles. The Bertz CT molecular complexity index is 774. The standard InChI is InChI=1S/C14H9F3N2S2/c15-8-5-6-12-10(7-8)19-14(21-12)18-9-3-1-2-4-11(9)20-13(16)17/h1-7,13H,(H,18,19). The first-order chi connectivity index (χ1) is 10.1. The first-order valence-electron chi connectivity index (χ1n) is 5.99. The van der Waals surface area contributed by atoms with Gasteiger partial charge in [0.2, 0.25) is 0 Å². The number of hydrogen-bond acceptors (Lipinski definition) is 4. The molecule has 1 N–H and O–H groups in total. The highest BCUT2D eigenvalue weighted by Crippen LogP contribution is 2.35. The number of alkyl halides is 2. The van der Waals surface area contributed by atoms with Crippen LogP contribution in [0.5, 0.6) is 0 Å². The number of para-hydroxylation sites is 1. The molecular weight excluding hydrogens is 317 g/mol. The Morgan fingerprint density at radius 2 is 1.95 bits per heavy atom. The molecule has 0 bridgehead atoms.